The molecule has 106 valence electrons. The number of nitrogens with zero attached hydrogens (tertiary/aromatic N) is 3. The molecule has 1 unspecified atom stereocenters. The van der Waals surface area contributed by atoms with Gasteiger partial charge in [-0.25, -0.2) is 0 Å². The summed E-state index contributed by atoms with van der Waals surface area (Å²) in [5.41, 5.74) is 1.89. The Morgan fingerprint density at radius 1 is 1.45 bits per heavy atom. The Labute approximate surface area is 117 Å². The molecule has 0 bridgehead atoms. The maximum atomic E-state index is 10.6. The minimum absolute atomic E-state index is 0.0699. The number of carboxylic acids is 1. The molecule has 2 aromatic rings. The number of aryl methyl sites for hydroxylation is 1. The number of hydrogen-bond donors (Lipinski definition) is 2. The molecule has 6 heteroatoms. The molecule has 0 amide bonds. The smallest absolute Gasteiger partial charge is 0.303 e. The number of aliphatic carboxylic acids is 1. The summed E-state index contributed by atoms with van der Waals surface area (Å²) in [4.78, 5) is 10.6. The van der Waals surface area contributed by atoms with Crippen LogP contribution in [0.1, 0.15) is 19.8 Å². The first-order valence-electron chi connectivity index (χ1n) is 6.49. The second kappa shape index (κ2) is 6.18. The second-order valence-corrected chi connectivity index (χ2v) is 4.79. The number of hydrogen-bond acceptors (Lipinski definition) is 4. The zero-order valence-electron chi connectivity index (χ0n) is 11.6. The van der Waals surface area contributed by atoms with Crippen LogP contribution in [0.5, 0.6) is 0 Å². The molecule has 1 heterocycles. The van der Waals surface area contributed by atoms with Gasteiger partial charge in [-0.2, -0.15) is 0 Å². The molecule has 1 aromatic heterocycles. The van der Waals surface area contributed by atoms with Crippen molar-refractivity contribution in [2.24, 2.45) is 7.05 Å². The molecule has 0 aliphatic carbocycles. The second-order valence-electron chi connectivity index (χ2n) is 4.79. The van der Waals surface area contributed by atoms with Crippen molar-refractivity contribution in [2.75, 3.05) is 5.32 Å². The zero-order valence-corrected chi connectivity index (χ0v) is 11.6. The van der Waals surface area contributed by atoms with Crippen LogP contribution in [0.3, 0.4) is 0 Å². The molecular weight excluding hydrogens is 256 g/mol. The molecular formula is C14H18N4O2. The molecule has 0 radical (unpaired) electrons. The summed E-state index contributed by atoms with van der Waals surface area (Å²) in [6, 6.07) is 7.88. The van der Waals surface area contributed by atoms with Gasteiger partial charge in [0.25, 0.3) is 0 Å². The molecule has 0 saturated heterocycles. The van der Waals surface area contributed by atoms with Gasteiger partial charge in [0.05, 0.1) is 0 Å². The summed E-state index contributed by atoms with van der Waals surface area (Å²) in [5.74, 6) is -0.00114. The van der Waals surface area contributed by atoms with E-state index in [4.69, 9.17) is 5.11 Å². The van der Waals surface area contributed by atoms with E-state index in [1.165, 1.54) is 0 Å². The van der Waals surface area contributed by atoms with Crippen molar-refractivity contribution in [2.45, 2.75) is 25.8 Å². The highest BCUT2D eigenvalue weighted by Gasteiger charge is 2.12. The molecule has 0 fully saturated rings. The van der Waals surface area contributed by atoms with Crippen LogP contribution in [0.25, 0.3) is 11.4 Å². The van der Waals surface area contributed by atoms with Crippen LogP contribution >= 0.6 is 0 Å². The maximum absolute atomic E-state index is 10.6. The van der Waals surface area contributed by atoms with Gasteiger partial charge >= 0.3 is 5.97 Å². The van der Waals surface area contributed by atoms with Crippen LogP contribution in [0, 0.1) is 0 Å². The van der Waals surface area contributed by atoms with Crippen molar-refractivity contribution in [1.29, 1.82) is 0 Å². The number of anilines is 1. The van der Waals surface area contributed by atoms with Crippen molar-refractivity contribution in [3.8, 4) is 11.4 Å². The summed E-state index contributed by atoms with van der Waals surface area (Å²) in [7, 11) is 1.89. The Hall–Kier alpha value is -2.37. The molecule has 0 spiro atoms. The topological polar surface area (TPSA) is 80.0 Å². The van der Waals surface area contributed by atoms with Crippen molar-refractivity contribution >= 4 is 11.7 Å². The van der Waals surface area contributed by atoms with Crippen LogP contribution in [-0.4, -0.2) is 31.9 Å². The van der Waals surface area contributed by atoms with Gasteiger partial charge in [0.1, 0.15) is 6.33 Å². The number of aromatic nitrogens is 3. The molecule has 1 atom stereocenters. The van der Waals surface area contributed by atoms with E-state index in [9.17, 15) is 4.79 Å². The van der Waals surface area contributed by atoms with Crippen molar-refractivity contribution < 1.29 is 9.90 Å². The van der Waals surface area contributed by atoms with E-state index in [-0.39, 0.29) is 12.5 Å². The van der Waals surface area contributed by atoms with E-state index in [1.54, 1.807) is 6.33 Å². The van der Waals surface area contributed by atoms with Gasteiger partial charge in [0.2, 0.25) is 0 Å². The zero-order chi connectivity index (χ0) is 14.5. The summed E-state index contributed by atoms with van der Waals surface area (Å²) >= 11 is 0. The molecule has 20 heavy (non-hydrogen) atoms. The summed E-state index contributed by atoms with van der Waals surface area (Å²) in [5, 5.41) is 20.0. The summed E-state index contributed by atoms with van der Waals surface area (Å²) in [6.07, 6.45) is 2.38. The third-order valence-corrected chi connectivity index (χ3v) is 3.07. The monoisotopic (exact) mass is 274 g/mol. The fourth-order valence-electron chi connectivity index (χ4n) is 2.01. The summed E-state index contributed by atoms with van der Waals surface area (Å²) < 4.78 is 1.85. The minimum Gasteiger partial charge on any atom is -0.481 e. The van der Waals surface area contributed by atoms with Gasteiger partial charge in [-0.15, -0.1) is 10.2 Å². The maximum Gasteiger partial charge on any atom is 0.303 e. The number of benzene rings is 1. The molecule has 6 nitrogen and oxygen atoms in total. The first kappa shape index (κ1) is 14.0. The molecule has 0 aliphatic rings. The highest BCUT2D eigenvalue weighted by Crippen LogP contribution is 2.26. The lowest BCUT2D eigenvalue weighted by Crippen LogP contribution is -2.17. The van der Waals surface area contributed by atoms with Crippen LogP contribution in [-0.2, 0) is 11.8 Å². The van der Waals surface area contributed by atoms with Crippen LogP contribution in [0.2, 0.25) is 0 Å². The van der Waals surface area contributed by atoms with Crippen molar-refractivity contribution in [1.82, 2.24) is 14.8 Å². The Morgan fingerprint density at radius 2 is 2.20 bits per heavy atom. The average Bonchev–Trinajstić information content (AvgIpc) is 2.83. The highest BCUT2D eigenvalue weighted by atomic mass is 16.4. The number of carbonyl (C=O) groups is 1. The molecule has 1 aromatic carbocycles. The predicted molar refractivity (Wildman–Crippen MR) is 76.4 cm³/mol. The van der Waals surface area contributed by atoms with Gasteiger partial charge < -0.3 is 15.0 Å². The standard InChI is InChI=1S/C14H18N4O2/c1-10(7-8-13(19)20)16-12-6-4-3-5-11(12)14-17-15-9-18(14)2/h3-6,9-10,16H,7-8H2,1-2H3,(H,19,20). The number of carboxylic acid groups (broad SMARTS) is 1. The lowest BCUT2D eigenvalue weighted by molar-refractivity contribution is -0.137. The van der Waals surface area contributed by atoms with Gasteiger partial charge in [-0.1, -0.05) is 12.1 Å². The lowest BCUT2D eigenvalue weighted by Gasteiger charge is -2.17. The highest BCUT2D eigenvalue weighted by molar-refractivity contribution is 5.73. The minimum atomic E-state index is -0.778. The number of para-hydroxylation sites is 1. The number of nitrogens with one attached hydrogen (secondary N) is 1. The third-order valence-electron chi connectivity index (χ3n) is 3.07. The normalized spacial score (nSPS) is 12.1. The average molecular weight is 274 g/mol. The van der Waals surface area contributed by atoms with Gasteiger partial charge in [0, 0.05) is 30.8 Å². The van der Waals surface area contributed by atoms with E-state index in [0.717, 1.165) is 17.1 Å². The number of rotatable bonds is 6. The van der Waals surface area contributed by atoms with Crippen LogP contribution in [0.4, 0.5) is 5.69 Å². The van der Waals surface area contributed by atoms with Gasteiger partial charge in [0.15, 0.2) is 5.82 Å². The van der Waals surface area contributed by atoms with E-state index in [0.29, 0.717) is 6.42 Å². The lowest BCUT2D eigenvalue weighted by atomic mass is 10.1. The molecule has 0 saturated carbocycles. The first-order chi connectivity index (χ1) is 9.58. The van der Waals surface area contributed by atoms with Crippen molar-refractivity contribution in [3.63, 3.8) is 0 Å². The van der Waals surface area contributed by atoms with E-state index < -0.39 is 5.97 Å². The molecule has 2 N–H and O–H groups in total. The van der Waals surface area contributed by atoms with Gasteiger partial charge in [-0.3, -0.25) is 4.79 Å². The summed E-state index contributed by atoms with van der Waals surface area (Å²) in [6.45, 7) is 1.97. The fraction of sp³-hybridized carbons (Fsp3) is 0.357. The predicted octanol–water partition coefficient (Wildman–Crippen LogP) is 2.15. The van der Waals surface area contributed by atoms with Crippen LogP contribution < -0.4 is 5.32 Å². The molecule has 2 rings (SSSR count). The third kappa shape index (κ3) is 3.34. The Bertz CT molecular complexity index is 594. The SMILES string of the molecule is CC(CCC(=O)O)Nc1ccccc1-c1nncn1C. The quantitative estimate of drug-likeness (QED) is 0.843. The fourth-order valence-corrected chi connectivity index (χ4v) is 2.01. The Morgan fingerprint density at radius 3 is 2.85 bits per heavy atom. The van der Waals surface area contributed by atoms with Crippen molar-refractivity contribution in [3.05, 3.63) is 30.6 Å². The first-order valence-corrected chi connectivity index (χ1v) is 6.49. The molecule has 0 aliphatic heterocycles. The van der Waals surface area contributed by atoms with E-state index >= 15 is 0 Å². The van der Waals surface area contributed by atoms with Crippen LogP contribution in [0.15, 0.2) is 30.6 Å². The Balaban J connectivity index is 2.16. The van der Waals surface area contributed by atoms with Gasteiger partial charge in [-0.05, 0) is 25.5 Å². The van der Waals surface area contributed by atoms with E-state index in [1.807, 2.05) is 42.8 Å². The largest absolute Gasteiger partial charge is 0.481 e. The Kier molecular flexibility index (Phi) is 4.34. The van der Waals surface area contributed by atoms with E-state index in [2.05, 4.69) is 15.5 Å².